The van der Waals surface area contributed by atoms with E-state index in [9.17, 15) is 10.1 Å². The van der Waals surface area contributed by atoms with E-state index in [4.69, 9.17) is 0 Å². The minimum Gasteiger partial charge on any atom is -0.329 e. The zero-order chi connectivity index (χ0) is 16.2. The maximum Gasteiger partial charge on any atom is 0.283 e. The molecule has 9 nitrogen and oxygen atoms in total. The van der Waals surface area contributed by atoms with Crippen LogP contribution in [0.2, 0.25) is 0 Å². The molecule has 3 rings (SSSR count). The summed E-state index contributed by atoms with van der Waals surface area (Å²) in [7, 11) is 1.83. The summed E-state index contributed by atoms with van der Waals surface area (Å²) in [6.45, 7) is 0. The zero-order valence-corrected chi connectivity index (χ0v) is 12.8. The molecular formula is C13H11N7O2S. The van der Waals surface area contributed by atoms with Gasteiger partial charge >= 0.3 is 0 Å². The fraction of sp³-hybridized carbons (Fsp3) is 0.0769. The largest absolute Gasteiger partial charge is 0.329 e. The Morgan fingerprint density at radius 2 is 2.13 bits per heavy atom. The summed E-state index contributed by atoms with van der Waals surface area (Å²) in [6, 6.07) is 4.91. The van der Waals surface area contributed by atoms with Crippen molar-refractivity contribution in [3.8, 4) is 0 Å². The van der Waals surface area contributed by atoms with Gasteiger partial charge in [-0.1, -0.05) is 6.07 Å². The van der Waals surface area contributed by atoms with Gasteiger partial charge in [-0.15, -0.1) is 10.2 Å². The van der Waals surface area contributed by atoms with Gasteiger partial charge in [0.05, 0.1) is 16.0 Å². The fourth-order valence-corrected chi connectivity index (χ4v) is 2.67. The maximum absolute atomic E-state index is 11.3. The van der Waals surface area contributed by atoms with Crippen LogP contribution < -0.4 is 0 Å². The molecule has 0 radical (unpaired) electrons. The van der Waals surface area contributed by atoms with Crippen molar-refractivity contribution in [3.63, 3.8) is 0 Å². The average Bonchev–Trinajstić information content (AvgIpc) is 3.18. The summed E-state index contributed by atoms with van der Waals surface area (Å²) in [5, 5.41) is 23.3. The Hall–Kier alpha value is -3.01. The Morgan fingerprint density at radius 1 is 1.35 bits per heavy atom. The normalized spacial score (nSPS) is 11.2. The number of imidazole rings is 1. The lowest BCUT2D eigenvalue weighted by molar-refractivity contribution is -0.387. The SMILES string of the molecule is Cn1ccnc1Sc1ccc(C=Nn2cnnc2)cc1[N+](=O)[O-]. The molecule has 0 aliphatic rings. The lowest BCUT2D eigenvalue weighted by Crippen LogP contribution is -1.95. The van der Waals surface area contributed by atoms with Crippen LogP contribution in [-0.2, 0) is 7.05 Å². The Balaban J connectivity index is 1.89. The van der Waals surface area contributed by atoms with E-state index in [-0.39, 0.29) is 5.69 Å². The highest BCUT2D eigenvalue weighted by atomic mass is 32.2. The van der Waals surface area contributed by atoms with E-state index in [2.05, 4.69) is 20.3 Å². The third-order valence-electron chi connectivity index (χ3n) is 2.90. The Bertz CT molecular complexity index is 857. The minimum atomic E-state index is -0.415. The van der Waals surface area contributed by atoms with Gasteiger partial charge in [0.2, 0.25) is 0 Å². The molecule has 0 N–H and O–H groups in total. The highest BCUT2D eigenvalue weighted by molar-refractivity contribution is 7.99. The second-order valence-corrected chi connectivity index (χ2v) is 5.50. The smallest absolute Gasteiger partial charge is 0.283 e. The van der Waals surface area contributed by atoms with Crippen molar-refractivity contribution in [2.75, 3.05) is 0 Å². The van der Waals surface area contributed by atoms with Crippen LogP contribution in [0.15, 0.2) is 58.4 Å². The van der Waals surface area contributed by atoms with Crippen molar-refractivity contribution in [1.29, 1.82) is 0 Å². The first-order chi connectivity index (χ1) is 11.1. The van der Waals surface area contributed by atoms with Crippen molar-refractivity contribution in [2.45, 2.75) is 10.1 Å². The van der Waals surface area contributed by atoms with Gasteiger partial charge in [0.25, 0.3) is 5.69 Å². The van der Waals surface area contributed by atoms with Crippen molar-refractivity contribution in [2.24, 2.45) is 12.1 Å². The molecule has 1 aromatic carbocycles. The second-order valence-electron chi connectivity index (χ2n) is 4.49. The van der Waals surface area contributed by atoms with Gasteiger partial charge in [0, 0.05) is 31.1 Å². The van der Waals surface area contributed by atoms with Crippen LogP contribution in [0.4, 0.5) is 5.69 Å². The first kappa shape index (κ1) is 14.9. The quantitative estimate of drug-likeness (QED) is 0.402. The van der Waals surface area contributed by atoms with Crippen molar-refractivity contribution >= 4 is 23.7 Å². The summed E-state index contributed by atoms with van der Waals surface area (Å²) in [5.74, 6) is 0. The van der Waals surface area contributed by atoms with Crippen molar-refractivity contribution in [1.82, 2.24) is 24.4 Å². The van der Waals surface area contributed by atoms with E-state index in [0.29, 0.717) is 15.6 Å². The molecule has 2 heterocycles. The Kier molecular flexibility index (Phi) is 4.15. The van der Waals surface area contributed by atoms with Crippen LogP contribution in [0.5, 0.6) is 0 Å². The summed E-state index contributed by atoms with van der Waals surface area (Å²) >= 11 is 1.24. The number of rotatable bonds is 5. The molecule has 0 bridgehead atoms. The molecule has 0 atom stereocenters. The monoisotopic (exact) mass is 329 g/mol. The lowest BCUT2D eigenvalue weighted by atomic mass is 10.2. The standard InChI is InChI=1S/C13H11N7O2S/c1-18-5-4-14-13(18)23-12-3-2-10(6-11(12)20(21)22)7-17-19-8-15-16-9-19/h2-9H,1H3. The highest BCUT2D eigenvalue weighted by Gasteiger charge is 2.17. The maximum atomic E-state index is 11.3. The molecule has 2 aromatic heterocycles. The molecular weight excluding hydrogens is 318 g/mol. The van der Waals surface area contributed by atoms with E-state index >= 15 is 0 Å². The van der Waals surface area contributed by atoms with E-state index in [1.807, 2.05) is 7.05 Å². The first-order valence-electron chi connectivity index (χ1n) is 6.46. The van der Waals surface area contributed by atoms with Crippen LogP contribution in [0, 0.1) is 10.1 Å². The zero-order valence-electron chi connectivity index (χ0n) is 12.0. The highest BCUT2D eigenvalue weighted by Crippen LogP contribution is 2.34. The molecule has 0 aliphatic carbocycles. The van der Waals surface area contributed by atoms with E-state index in [1.54, 1.807) is 29.1 Å². The summed E-state index contributed by atoms with van der Waals surface area (Å²) in [4.78, 5) is 15.6. The minimum absolute atomic E-state index is 0.00528. The van der Waals surface area contributed by atoms with Crippen LogP contribution in [0.3, 0.4) is 0 Å². The number of nitrogens with zero attached hydrogens (tertiary/aromatic N) is 7. The topological polar surface area (TPSA) is 104 Å². The Labute approximate surface area is 134 Å². The molecule has 0 aliphatic heterocycles. The third-order valence-corrected chi connectivity index (χ3v) is 4.05. The van der Waals surface area contributed by atoms with Crippen LogP contribution in [0.1, 0.15) is 5.56 Å². The summed E-state index contributed by atoms with van der Waals surface area (Å²) in [6.07, 6.45) is 7.79. The Morgan fingerprint density at radius 3 is 2.78 bits per heavy atom. The molecule has 116 valence electrons. The predicted molar refractivity (Wildman–Crippen MR) is 83.4 cm³/mol. The van der Waals surface area contributed by atoms with Gasteiger partial charge in [-0.25, -0.2) is 9.66 Å². The molecule has 0 amide bonds. The fourth-order valence-electron chi connectivity index (χ4n) is 1.78. The van der Waals surface area contributed by atoms with Gasteiger partial charge in [-0.2, -0.15) is 5.10 Å². The van der Waals surface area contributed by atoms with Gasteiger partial charge in [0.1, 0.15) is 12.7 Å². The number of nitro groups is 1. The molecule has 0 fully saturated rings. The number of hydrogen-bond donors (Lipinski definition) is 0. The molecule has 0 unspecified atom stereocenters. The predicted octanol–water partition coefficient (Wildman–Crippen LogP) is 1.95. The van der Waals surface area contributed by atoms with Gasteiger partial charge < -0.3 is 4.57 Å². The van der Waals surface area contributed by atoms with E-state index < -0.39 is 4.92 Å². The summed E-state index contributed by atoms with van der Waals surface area (Å²) < 4.78 is 3.21. The number of aryl methyl sites for hydroxylation is 1. The number of hydrogen-bond acceptors (Lipinski definition) is 7. The molecule has 0 spiro atoms. The van der Waals surface area contributed by atoms with Crippen LogP contribution in [0.25, 0.3) is 0 Å². The first-order valence-corrected chi connectivity index (χ1v) is 7.28. The van der Waals surface area contributed by atoms with Crippen molar-refractivity contribution < 1.29 is 4.92 Å². The van der Waals surface area contributed by atoms with Crippen LogP contribution in [-0.4, -0.2) is 35.6 Å². The number of benzene rings is 1. The van der Waals surface area contributed by atoms with Crippen molar-refractivity contribution in [3.05, 3.63) is 58.9 Å². The molecule has 10 heteroatoms. The van der Waals surface area contributed by atoms with E-state index in [0.717, 1.165) is 0 Å². The average molecular weight is 329 g/mol. The molecule has 3 aromatic rings. The molecule has 23 heavy (non-hydrogen) atoms. The van der Waals surface area contributed by atoms with Crippen LogP contribution >= 0.6 is 11.8 Å². The summed E-state index contributed by atoms with van der Waals surface area (Å²) in [5.41, 5.74) is 0.611. The number of nitro benzene ring substituents is 1. The van der Waals surface area contributed by atoms with Gasteiger partial charge in [-0.3, -0.25) is 10.1 Å². The van der Waals surface area contributed by atoms with Gasteiger partial charge in [-0.05, 0) is 17.8 Å². The number of aromatic nitrogens is 5. The molecule has 0 saturated heterocycles. The van der Waals surface area contributed by atoms with Gasteiger partial charge in [0.15, 0.2) is 5.16 Å². The second kappa shape index (κ2) is 6.40. The van der Waals surface area contributed by atoms with E-state index in [1.165, 1.54) is 41.4 Å². The third kappa shape index (κ3) is 3.43. The lowest BCUT2D eigenvalue weighted by Gasteiger charge is -2.04. The molecule has 0 saturated carbocycles.